The molecule has 92 valence electrons. The molecule has 4 heteroatoms. The summed E-state index contributed by atoms with van der Waals surface area (Å²) in [5.74, 6) is 0.0281. The lowest BCUT2D eigenvalue weighted by Gasteiger charge is -2.22. The van der Waals surface area contributed by atoms with Gasteiger partial charge >= 0.3 is 6.18 Å². The second-order valence-electron chi connectivity index (χ2n) is 5.01. The molecule has 0 aromatic heterocycles. The number of benzene rings is 1. The maximum absolute atomic E-state index is 13.0. The highest BCUT2D eigenvalue weighted by Gasteiger charge is 2.53. The third-order valence-electron chi connectivity index (χ3n) is 4.01. The fourth-order valence-corrected chi connectivity index (χ4v) is 3.04. The van der Waals surface area contributed by atoms with Crippen LogP contribution in [0.25, 0.3) is 0 Å². The summed E-state index contributed by atoms with van der Waals surface area (Å²) in [6.45, 7) is 0.830. The van der Waals surface area contributed by atoms with Gasteiger partial charge in [0.2, 0.25) is 0 Å². The monoisotopic (exact) mass is 241 g/mol. The van der Waals surface area contributed by atoms with Gasteiger partial charge in [0.05, 0.1) is 5.56 Å². The van der Waals surface area contributed by atoms with Crippen molar-refractivity contribution in [2.75, 3.05) is 6.54 Å². The number of hydrogen-bond acceptors (Lipinski definition) is 1. The summed E-state index contributed by atoms with van der Waals surface area (Å²) in [7, 11) is 0. The average Bonchev–Trinajstić information content (AvgIpc) is 2.90. The van der Waals surface area contributed by atoms with E-state index in [0.717, 1.165) is 25.8 Å². The van der Waals surface area contributed by atoms with Crippen LogP contribution < -0.4 is 5.32 Å². The van der Waals surface area contributed by atoms with Gasteiger partial charge in [-0.2, -0.15) is 13.2 Å². The first-order chi connectivity index (χ1) is 8.03. The van der Waals surface area contributed by atoms with E-state index in [0.29, 0.717) is 5.56 Å². The predicted octanol–water partition coefficient (Wildman–Crippen LogP) is 3.31. The summed E-state index contributed by atoms with van der Waals surface area (Å²) >= 11 is 0. The molecule has 0 radical (unpaired) electrons. The summed E-state index contributed by atoms with van der Waals surface area (Å²) in [6, 6.07) is 6.01. The van der Waals surface area contributed by atoms with Crippen LogP contribution in [0.4, 0.5) is 13.2 Å². The van der Waals surface area contributed by atoms with Gasteiger partial charge in [-0.05, 0) is 37.4 Å². The largest absolute Gasteiger partial charge is 0.416 e. The highest BCUT2D eigenvalue weighted by atomic mass is 19.4. The molecule has 17 heavy (non-hydrogen) atoms. The normalized spacial score (nSPS) is 26.4. The first-order valence-electron chi connectivity index (χ1n) is 5.94. The van der Waals surface area contributed by atoms with Crippen LogP contribution in [0.3, 0.4) is 0 Å². The Balaban J connectivity index is 2.03. The lowest BCUT2D eigenvalue weighted by atomic mass is 9.86. The second-order valence-corrected chi connectivity index (χ2v) is 5.01. The van der Waals surface area contributed by atoms with Gasteiger partial charge in [-0.3, -0.25) is 0 Å². The lowest BCUT2D eigenvalue weighted by Crippen LogP contribution is -2.29. The summed E-state index contributed by atoms with van der Waals surface area (Å²) in [5, 5.41) is 3.37. The molecule has 1 nitrogen and oxygen atoms in total. The fraction of sp³-hybridized carbons (Fsp3) is 0.538. The molecule has 1 aromatic rings. The summed E-state index contributed by atoms with van der Waals surface area (Å²) in [5.41, 5.74) is -0.0103. The molecule has 1 saturated heterocycles. The van der Waals surface area contributed by atoms with Crippen molar-refractivity contribution in [3.8, 4) is 0 Å². The third-order valence-corrected chi connectivity index (χ3v) is 4.01. The van der Waals surface area contributed by atoms with Crippen LogP contribution in [0.1, 0.15) is 36.3 Å². The summed E-state index contributed by atoms with van der Waals surface area (Å²) in [4.78, 5) is 0. The molecular weight excluding hydrogens is 227 g/mol. The van der Waals surface area contributed by atoms with Gasteiger partial charge in [0, 0.05) is 11.5 Å². The SMILES string of the molecule is FC(F)(F)c1ccccc1C1CCNC12CC2. The van der Waals surface area contributed by atoms with Crippen molar-refractivity contribution >= 4 is 0 Å². The maximum Gasteiger partial charge on any atom is 0.416 e. The van der Waals surface area contributed by atoms with Crippen molar-refractivity contribution in [1.29, 1.82) is 0 Å². The van der Waals surface area contributed by atoms with E-state index in [4.69, 9.17) is 0 Å². The molecule has 1 unspecified atom stereocenters. The molecule has 1 aliphatic carbocycles. The highest BCUT2D eigenvalue weighted by molar-refractivity contribution is 5.38. The zero-order valence-electron chi connectivity index (χ0n) is 9.35. The molecule has 1 spiro atoms. The molecule has 2 fully saturated rings. The minimum atomic E-state index is -4.24. The fourth-order valence-electron chi connectivity index (χ4n) is 3.04. The molecule has 1 aliphatic heterocycles. The minimum absolute atomic E-state index is 0.0264. The van der Waals surface area contributed by atoms with Gasteiger partial charge in [-0.25, -0.2) is 0 Å². The zero-order valence-corrected chi connectivity index (χ0v) is 9.35. The number of rotatable bonds is 1. The van der Waals surface area contributed by atoms with Gasteiger partial charge < -0.3 is 5.32 Å². The van der Waals surface area contributed by atoms with E-state index in [1.165, 1.54) is 12.1 Å². The Morgan fingerprint density at radius 2 is 1.88 bits per heavy atom. The Kier molecular flexibility index (Phi) is 2.27. The van der Waals surface area contributed by atoms with Gasteiger partial charge in [-0.15, -0.1) is 0 Å². The smallest absolute Gasteiger partial charge is 0.311 e. The molecule has 1 saturated carbocycles. The van der Waals surface area contributed by atoms with Crippen molar-refractivity contribution in [1.82, 2.24) is 5.32 Å². The van der Waals surface area contributed by atoms with Crippen LogP contribution in [0, 0.1) is 0 Å². The van der Waals surface area contributed by atoms with Crippen molar-refractivity contribution in [3.05, 3.63) is 35.4 Å². The van der Waals surface area contributed by atoms with E-state index in [2.05, 4.69) is 5.32 Å². The Morgan fingerprint density at radius 1 is 1.18 bits per heavy atom. The van der Waals surface area contributed by atoms with Crippen molar-refractivity contribution in [2.24, 2.45) is 0 Å². The third kappa shape index (κ3) is 1.75. The Hall–Kier alpha value is -1.03. The molecule has 0 amide bonds. The van der Waals surface area contributed by atoms with E-state index in [9.17, 15) is 13.2 Å². The average molecular weight is 241 g/mol. The minimum Gasteiger partial charge on any atom is -0.311 e. The van der Waals surface area contributed by atoms with Crippen LogP contribution in [-0.4, -0.2) is 12.1 Å². The van der Waals surface area contributed by atoms with Crippen LogP contribution >= 0.6 is 0 Å². The van der Waals surface area contributed by atoms with E-state index in [-0.39, 0.29) is 11.5 Å². The van der Waals surface area contributed by atoms with Crippen LogP contribution in [-0.2, 0) is 6.18 Å². The quantitative estimate of drug-likeness (QED) is 0.795. The molecular formula is C13H14F3N. The van der Waals surface area contributed by atoms with Crippen LogP contribution in [0.5, 0.6) is 0 Å². The Bertz CT molecular complexity index is 435. The number of hydrogen-bond donors (Lipinski definition) is 1. The van der Waals surface area contributed by atoms with Gasteiger partial charge in [0.1, 0.15) is 0 Å². The molecule has 1 atom stereocenters. The molecule has 1 aromatic carbocycles. The lowest BCUT2D eigenvalue weighted by molar-refractivity contribution is -0.138. The first kappa shape index (κ1) is 11.1. The molecule has 0 bridgehead atoms. The number of halogens is 3. The Morgan fingerprint density at radius 3 is 2.53 bits per heavy atom. The molecule has 1 N–H and O–H groups in total. The van der Waals surface area contributed by atoms with Crippen LogP contribution in [0.15, 0.2) is 24.3 Å². The standard InChI is InChI=1S/C13H14F3N/c14-13(15,16)11-4-2-1-3-9(11)10-5-8-17-12(10)6-7-12/h1-4,10,17H,5-8H2. The van der Waals surface area contributed by atoms with Crippen molar-refractivity contribution < 1.29 is 13.2 Å². The number of nitrogens with one attached hydrogen (secondary N) is 1. The van der Waals surface area contributed by atoms with Gasteiger partial charge in [-0.1, -0.05) is 18.2 Å². The van der Waals surface area contributed by atoms with Gasteiger partial charge in [0.25, 0.3) is 0 Å². The molecule has 1 heterocycles. The van der Waals surface area contributed by atoms with E-state index in [1.807, 2.05) is 0 Å². The molecule has 2 aliphatic rings. The second kappa shape index (κ2) is 3.48. The topological polar surface area (TPSA) is 12.0 Å². The summed E-state index contributed by atoms with van der Waals surface area (Å²) < 4.78 is 38.9. The van der Waals surface area contributed by atoms with Gasteiger partial charge in [0.15, 0.2) is 0 Å². The maximum atomic E-state index is 13.0. The first-order valence-corrected chi connectivity index (χ1v) is 5.94. The predicted molar refractivity (Wildman–Crippen MR) is 58.8 cm³/mol. The van der Waals surface area contributed by atoms with E-state index in [1.54, 1.807) is 12.1 Å². The molecule has 3 rings (SSSR count). The van der Waals surface area contributed by atoms with E-state index < -0.39 is 11.7 Å². The highest BCUT2D eigenvalue weighted by Crippen LogP contribution is 2.53. The Labute approximate surface area is 98.0 Å². The van der Waals surface area contributed by atoms with Crippen LogP contribution in [0.2, 0.25) is 0 Å². The summed E-state index contributed by atoms with van der Waals surface area (Å²) in [6.07, 6.45) is -1.42. The number of alkyl halides is 3. The van der Waals surface area contributed by atoms with Crippen molar-refractivity contribution in [3.63, 3.8) is 0 Å². The zero-order chi connectivity index (χ0) is 12.1. The van der Waals surface area contributed by atoms with Crippen molar-refractivity contribution in [2.45, 2.75) is 36.9 Å². The van der Waals surface area contributed by atoms with E-state index >= 15 is 0 Å².